The van der Waals surface area contributed by atoms with E-state index in [-0.39, 0.29) is 28.9 Å². The van der Waals surface area contributed by atoms with E-state index < -0.39 is 40.3 Å². The summed E-state index contributed by atoms with van der Waals surface area (Å²) in [6.07, 6.45) is 2.41. The summed E-state index contributed by atoms with van der Waals surface area (Å²) in [6.45, 7) is 5.03. The maximum absolute atomic E-state index is 12.9. The molecule has 1 saturated heterocycles. The van der Waals surface area contributed by atoms with E-state index in [1.165, 1.54) is 23.3 Å². The summed E-state index contributed by atoms with van der Waals surface area (Å²) in [4.78, 5) is 39.2. The lowest BCUT2D eigenvalue weighted by atomic mass is 10.1. The summed E-state index contributed by atoms with van der Waals surface area (Å²) >= 11 is 0. The highest BCUT2D eigenvalue weighted by molar-refractivity contribution is 7.91. The van der Waals surface area contributed by atoms with Crippen molar-refractivity contribution in [2.75, 3.05) is 23.4 Å². The fourth-order valence-electron chi connectivity index (χ4n) is 3.76. The standard InChI is InChI=1S/C23H28N2O7S/c1-4-16(3)25(18-9-11-33(29,30)14-18)21(26)13-32-23(28)17-8-7-15(2)19(12-17)24-22(27)20-6-5-10-31-20/h5-8,10,12,16,18H,4,9,11,13-14H2,1-3H3,(H,24,27)/t16-,18+/m0/s1. The Balaban J connectivity index is 1.66. The number of rotatable bonds is 8. The first kappa shape index (κ1) is 24.5. The molecule has 1 aromatic carbocycles. The topological polar surface area (TPSA) is 123 Å². The second kappa shape index (κ2) is 10.2. The molecule has 0 spiro atoms. The molecule has 0 unspecified atom stereocenters. The molecule has 3 rings (SSSR count). The van der Waals surface area contributed by atoms with Crippen LogP contribution >= 0.6 is 0 Å². The first-order valence-electron chi connectivity index (χ1n) is 10.8. The van der Waals surface area contributed by atoms with Crippen molar-refractivity contribution in [2.45, 2.75) is 45.7 Å². The number of esters is 1. The van der Waals surface area contributed by atoms with Crippen LogP contribution < -0.4 is 5.32 Å². The Labute approximate surface area is 193 Å². The smallest absolute Gasteiger partial charge is 0.338 e. The van der Waals surface area contributed by atoms with E-state index in [2.05, 4.69) is 5.32 Å². The van der Waals surface area contributed by atoms with Crippen LogP contribution in [0.3, 0.4) is 0 Å². The van der Waals surface area contributed by atoms with Crippen molar-refractivity contribution in [3.63, 3.8) is 0 Å². The number of anilines is 1. The molecule has 0 aliphatic carbocycles. The molecule has 1 fully saturated rings. The van der Waals surface area contributed by atoms with Crippen LogP contribution in [0.5, 0.6) is 0 Å². The average Bonchev–Trinajstić information content (AvgIpc) is 3.43. The van der Waals surface area contributed by atoms with Crippen molar-refractivity contribution in [2.24, 2.45) is 0 Å². The number of nitrogens with one attached hydrogen (secondary N) is 1. The number of hydrogen-bond acceptors (Lipinski definition) is 7. The lowest BCUT2D eigenvalue weighted by Crippen LogP contribution is -2.48. The summed E-state index contributed by atoms with van der Waals surface area (Å²) in [7, 11) is -3.17. The highest BCUT2D eigenvalue weighted by Crippen LogP contribution is 2.22. The van der Waals surface area contributed by atoms with Crippen molar-refractivity contribution in [3.05, 3.63) is 53.5 Å². The summed E-state index contributed by atoms with van der Waals surface area (Å²) in [5.41, 5.74) is 1.31. The Bertz CT molecular complexity index is 1130. The van der Waals surface area contributed by atoms with Crippen molar-refractivity contribution >= 4 is 33.3 Å². The van der Waals surface area contributed by atoms with Crippen LogP contribution in [-0.2, 0) is 19.4 Å². The lowest BCUT2D eigenvalue weighted by Gasteiger charge is -2.33. The van der Waals surface area contributed by atoms with Gasteiger partial charge in [0.2, 0.25) is 0 Å². The molecular weight excluding hydrogens is 448 g/mol. The summed E-state index contributed by atoms with van der Waals surface area (Å²) in [5.74, 6) is -1.51. The van der Waals surface area contributed by atoms with Gasteiger partial charge in [0.25, 0.3) is 11.8 Å². The predicted molar refractivity (Wildman–Crippen MR) is 122 cm³/mol. The molecule has 1 aromatic heterocycles. The SMILES string of the molecule is CC[C@H](C)N(C(=O)COC(=O)c1ccc(C)c(NC(=O)c2ccco2)c1)[C@@H]1CCS(=O)(=O)C1. The second-order valence-corrected chi connectivity index (χ2v) is 10.4. The van der Waals surface area contributed by atoms with Crippen LogP contribution in [0.4, 0.5) is 5.69 Å². The molecule has 0 saturated carbocycles. The Kier molecular flexibility index (Phi) is 7.57. The molecule has 1 aliphatic rings. The average molecular weight is 477 g/mol. The molecule has 0 radical (unpaired) electrons. The molecule has 10 heteroatoms. The normalized spacial score (nSPS) is 17.8. The molecule has 0 bridgehead atoms. The fourth-order valence-corrected chi connectivity index (χ4v) is 5.47. The first-order valence-corrected chi connectivity index (χ1v) is 12.6. The first-order chi connectivity index (χ1) is 15.6. The monoisotopic (exact) mass is 476 g/mol. The van der Waals surface area contributed by atoms with Crippen LogP contribution in [-0.4, -0.2) is 61.3 Å². The van der Waals surface area contributed by atoms with Crippen LogP contribution in [0.25, 0.3) is 0 Å². The molecule has 2 aromatic rings. The van der Waals surface area contributed by atoms with Crippen molar-refractivity contribution in [1.82, 2.24) is 4.90 Å². The summed E-state index contributed by atoms with van der Waals surface area (Å²) in [6, 6.07) is 7.18. The van der Waals surface area contributed by atoms with E-state index in [0.29, 0.717) is 18.5 Å². The Morgan fingerprint density at radius 1 is 1.27 bits per heavy atom. The predicted octanol–water partition coefficient (Wildman–Crippen LogP) is 2.81. The van der Waals surface area contributed by atoms with Gasteiger partial charge in [-0.25, -0.2) is 13.2 Å². The second-order valence-electron chi connectivity index (χ2n) is 8.15. The van der Waals surface area contributed by atoms with E-state index in [4.69, 9.17) is 9.15 Å². The minimum atomic E-state index is -3.17. The van der Waals surface area contributed by atoms with Gasteiger partial charge in [0.1, 0.15) is 0 Å². The third-order valence-corrected chi connectivity index (χ3v) is 7.50. The van der Waals surface area contributed by atoms with Gasteiger partial charge in [-0.3, -0.25) is 9.59 Å². The van der Waals surface area contributed by atoms with E-state index in [0.717, 1.165) is 5.56 Å². The zero-order chi connectivity index (χ0) is 24.2. The number of ether oxygens (including phenoxy) is 1. The third-order valence-electron chi connectivity index (χ3n) is 5.75. The highest BCUT2D eigenvalue weighted by Gasteiger charge is 2.36. The molecule has 9 nitrogen and oxygen atoms in total. The van der Waals surface area contributed by atoms with E-state index in [9.17, 15) is 22.8 Å². The minimum absolute atomic E-state index is 0.0491. The Morgan fingerprint density at radius 3 is 2.64 bits per heavy atom. The number of amides is 2. The quantitative estimate of drug-likeness (QED) is 0.581. The summed E-state index contributed by atoms with van der Waals surface area (Å²) in [5, 5.41) is 2.69. The van der Waals surface area contributed by atoms with Gasteiger partial charge in [0.15, 0.2) is 22.2 Å². The molecule has 1 aliphatic heterocycles. The largest absolute Gasteiger partial charge is 0.459 e. The Hall–Kier alpha value is -3.14. The number of hydrogen-bond donors (Lipinski definition) is 1. The fraction of sp³-hybridized carbons (Fsp3) is 0.435. The van der Waals surface area contributed by atoms with Crippen molar-refractivity contribution in [1.29, 1.82) is 0 Å². The van der Waals surface area contributed by atoms with Gasteiger partial charge in [-0.15, -0.1) is 0 Å². The molecular formula is C23H28N2O7S. The molecule has 33 heavy (non-hydrogen) atoms. The number of carbonyl (C=O) groups excluding carboxylic acids is 3. The van der Waals surface area contributed by atoms with Crippen LogP contribution in [0, 0.1) is 6.92 Å². The minimum Gasteiger partial charge on any atom is -0.459 e. The molecule has 2 heterocycles. The van der Waals surface area contributed by atoms with E-state index in [1.54, 1.807) is 25.1 Å². The maximum atomic E-state index is 12.9. The van der Waals surface area contributed by atoms with Crippen molar-refractivity contribution < 1.29 is 32.0 Å². The molecule has 178 valence electrons. The zero-order valence-electron chi connectivity index (χ0n) is 18.9. The van der Waals surface area contributed by atoms with Crippen LogP contribution in [0.15, 0.2) is 41.0 Å². The van der Waals surface area contributed by atoms with Crippen molar-refractivity contribution in [3.8, 4) is 0 Å². The van der Waals surface area contributed by atoms with Gasteiger partial charge in [-0.2, -0.15) is 0 Å². The van der Waals surface area contributed by atoms with Gasteiger partial charge in [0.05, 0.1) is 23.3 Å². The molecule has 2 amide bonds. The molecule has 2 atom stereocenters. The number of furan rings is 1. The zero-order valence-corrected chi connectivity index (χ0v) is 19.7. The van der Waals surface area contributed by atoms with Crippen LogP contribution in [0.2, 0.25) is 0 Å². The van der Waals surface area contributed by atoms with Gasteiger partial charge in [-0.05, 0) is 56.5 Å². The number of carbonyl (C=O) groups is 3. The third kappa shape index (κ3) is 6.01. The number of sulfone groups is 1. The number of benzene rings is 1. The summed E-state index contributed by atoms with van der Waals surface area (Å²) < 4.78 is 34.1. The highest BCUT2D eigenvalue weighted by atomic mass is 32.2. The van der Waals surface area contributed by atoms with Gasteiger partial charge in [-0.1, -0.05) is 13.0 Å². The number of aryl methyl sites for hydroxylation is 1. The van der Waals surface area contributed by atoms with Gasteiger partial charge < -0.3 is 19.4 Å². The van der Waals surface area contributed by atoms with E-state index in [1.807, 2.05) is 13.8 Å². The van der Waals surface area contributed by atoms with Gasteiger partial charge >= 0.3 is 5.97 Å². The lowest BCUT2D eigenvalue weighted by molar-refractivity contribution is -0.138. The Morgan fingerprint density at radius 2 is 2.03 bits per heavy atom. The molecule has 1 N–H and O–H groups in total. The maximum Gasteiger partial charge on any atom is 0.338 e. The van der Waals surface area contributed by atoms with E-state index >= 15 is 0 Å². The van der Waals surface area contributed by atoms with Crippen LogP contribution in [0.1, 0.15) is 53.2 Å². The van der Waals surface area contributed by atoms with Gasteiger partial charge in [0, 0.05) is 17.8 Å². The number of nitrogens with zero attached hydrogens (tertiary/aromatic N) is 1.